The molecule has 1 atom stereocenters. The van der Waals surface area contributed by atoms with Gasteiger partial charge in [0.2, 0.25) is 6.54 Å². The van der Waals surface area contributed by atoms with Crippen molar-refractivity contribution in [3.63, 3.8) is 0 Å². The van der Waals surface area contributed by atoms with Gasteiger partial charge in [0.25, 0.3) is 0 Å². The first-order chi connectivity index (χ1) is 16.9. The van der Waals surface area contributed by atoms with Crippen LogP contribution in [0, 0.1) is 22.9 Å². The number of halogens is 1. The highest BCUT2D eigenvalue weighted by molar-refractivity contribution is 7.99. The van der Waals surface area contributed by atoms with Gasteiger partial charge in [0, 0.05) is 16.2 Å². The molecule has 3 aromatic carbocycles. The van der Waals surface area contributed by atoms with E-state index in [-0.39, 0.29) is 23.9 Å². The van der Waals surface area contributed by atoms with E-state index in [2.05, 4.69) is 10.2 Å². The standard InChI is InChI=1S/C25H23FN4O4S/c1-17-27-28-25(30(17)20-11-13-21(33-2)14-12-20)35-24(15-29(31)32)22-5-3-4-6-23(22)34-16-18-7-9-19(26)10-8-18/h3-14,24H,15-16H2,1-2H3/t24-/m1/s1. The van der Waals surface area contributed by atoms with Crippen molar-refractivity contribution in [2.75, 3.05) is 13.7 Å². The summed E-state index contributed by atoms with van der Waals surface area (Å²) < 4.78 is 26.3. The van der Waals surface area contributed by atoms with E-state index in [1.807, 2.05) is 47.9 Å². The number of methoxy groups -OCH3 is 1. The van der Waals surface area contributed by atoms with Crippen molar-refractivity contribution < 1.29 is 18.8 Å². The van der Waals surface area contributed by atoms with E-state index in [1.54, 1.807) is 31.4 Å². The van der Waals surface area contributed by atoms with Crippen LogP contribution in [-0.4, -0.2) is 33.3 Å². The molecule has 0 unspecified atom stereocenters. The SMILES string of the molecule is COc1ccc(-n2c(C)nnc2S[C@H](C[N+](=O)[O-])c2ccccc2OCc2ccc(F)cc2)cc1. The van der Waals surface area contributed by atoms with Crippen molar-refractivity contribution >= 4 is 11.8 Å². The quantitative estimate of drug-likeness (QED) is 0.165. The number of hydrogen-bond acceptors (Lipinski definition) is 7. The summed E-state index contributed by atoms with van der Waals surface area (Å²) in [6.45, 7) is 1.69. The fraction of sp³-hybridized carbons (Fsp3) is 0.200. The summed E-state index contributed by atoms with van der Waals surface area (Å²) in [6.07, 6.45) is 0. The largest absolute Gasteiger partial charge is 0.497 e. The molecule has 0 spiro atoms. The molecule has 180 valence electrons. The molecule has 0 radical (unpaired) electrons. The smallest absolute Gasteiger partial charge is 0.220 e. The Kier molecular flexibility index (Phi) is 7.61. The van der Waals surface area contributed by atoms with E-state index in [4.69, 9.17) is 9.47 Å². The van der Waals surface area contributed by atoms with Crippen LogP contribution in [0.25, 0.3) is 5.69 Å². The maximum Gasteiger partial charge on any atom is 0.220 e. The van der Waals surface area contributed by atoms with Crippen molar-refractivity contribution in [3.8, 4) is 17.2 Å². The van der Waals surface area contributed by atoms with E-state index in [9.17, 15) is 14.5 Å². The molecule has 0 amide bonds. The average molecular weight is 495 g/mol. The van der Waals surface area contributed by atoms with E-state index in [1.165, 1.54) is 23.9 Å². The number of thioether (sulfide) groups is 1. The van der Waals surface area contributed by atoms with Gasteiger partial charge < -0.3 is 9.47 Å². The third kappa shape index (κ3) is 5.96. The van der Waals surface area contributed by atoms with Crippen LogP contribution in [0.15, 0.2) is 78.0 Å². The molecule has 0 aliphatic heterocycles. The average Bonchev–Trinajstić information content (AvgIpc) is 3.23. The Bertz CT molecular complexity index is 1300. The van der Waals surface area contributed by atoms with Gasteiger partial charge in [0.15, 0.2) is 5.16 Å². The van der Waals surface area contributed by atoms with Gasteiger partial charge in [0.1, 0.15) is 35.0 Å². The topological polar surface area (TPSA) is 92.3 Å². The van der Waals surface area contributed by atoms with Gasteiger partial charge in [0.05, 0.1) is 7.11 Å². The second-order valence-corrected chi connectivity index (χ2v) is 8.81. The Morgan fingerprint density at radius 3 is 2.46 bits per heavy atom. The maximum absolute atomic E-state index is 13.2. The van der Waals surface area contributed by atoms with Gasteiger partial charge in [-0.3, -0.25) is 14.7 Å². The lowest BCUT2D eigenvalue weighted by molar-refractivity contribution is -0.479. The van der Waals surface area contributed by atoms with Crippen LogP contribution in [0.4, 0.5) is 4.39 Å². The number of aryl methyl sites for hydroxylation is 1. The summed E-state index contributed by atoms with van der Waals surface area (Å²) in [4.78, 5) is 11.2. The molecule has 10 heteroatoms. The third-order valence-corrected chi connectivity index (χ3v) is 6.42. The molecule has 0 aliphatic carbocycles. The summed E-state index contributed by atoms with van der Waals surface area (Å²) in [5, 5.41) is 20.0. The molecular formula is C25H23FN4O4S. The second-order valence-electron chi connectivity index (χ2n) is 7.64. The zero-order valence-corrected chi connectivity index (χ0v) is 19.9. The van der Waals surface area contributed by atoms with Crippen LogP contribution in [0.5, 0.6) is 11.5 Å². The van der Waals surface area contributed by atoms with Gasteiger partial charge in [-0.05, 0) is 55.0 Å². The third-order valence-electron chi connectivity index (χ3n) is 5.26. The van der Waals surface area contributed by atoms with Crippen molar-refractivity contribution in [3.05, 3.63) is 106 Å². The predicted molar refractivity (Wildman–Crippen MR) is 130 cm³/mol. The lowest BCUT2D eigenvalue weighted by Gasteiger charge is -2.18. The lowest BCUT2D eigenvalue weighted by atomic mass is 10.1. The minimum Gasteiger partial charge on any atom is -0.497 e. The molecular weight excluding hydrogens is 471 g/mol. The first-order valence-electron chi connectivity index (χ1n) is 10.8. The Hall–Kier alpha value is -3.92. The van der Waals surface area contributed by atoms with Gasteiger partial charge in [-0.25, -0.2) is 4.39 Å². The van der Waals surface area contributed by atoms with E-state index < -0.39 is 5.25 Å². The number of benzene rings is 3. The highest BCUT2D eigenvalue weighted by Crippen LogP contribution is 2.40. The minimum absolute atomic E-state index is 0.203. The number of aromatic nitrogens is 3. The molecule has 1 heterocycles. The molecule has 35 heavy (non-hydrogen) atoms. The highest BCUT2D eigenvalue weighted by Gasteiger charge is 2.26. The van der Waals surface area contributed by atoms with E-state index >= 15 is 0 Å². The summed E-state index contributed by atoms with van der Waals surface area (Å²) in [5.41, 5.74) is 2.27. The minimum atomic E-state index is -0.588. The zero-order chi connectivity index (χ0) is 24.8. The van der Waals surface area contributed by atoms with Gasteiger partial charge in [-0.2, -0.15) is 0 Å². The molecule has 1 aromatic heterocycles. The van der Waals surface area contributed by atoms with Crippen LogP contribution in [0.1, 0.15) is 22.2 Å². The molecule has 0 saturated carbocycles. The highest BCUT2D eigenvalue weighted by atomic mass is 32.2. The van der Waals surface area contributed by atoms with Crippen LogP contribution in [0.2, 0.25) is 0 Å². The monoisotopic (exact) mass is 494 g/mol. The lowest BCUT2D eigenvalue weighted by Crippen LogP contribution is -2.12. The number of hydrogen-bond donors (Lipinski definition) is 0. The van der Waals surface area contributed by atoms with Gasteiger partial charge in [-0.15, -0.1) is 10.2 Å². The van der Waals surface area contributed by atoms with E-state index in [0.717, 1.165) is 11.3 Å². The molecule has 0 N–H and O–H groups in total. The van der Waals surface area contributed by atoms with E-state index in [0.29, 0.717) is 28.0 Å². The van der Waals surface area contributed by atoms with Crippen LogP contribution in [0.3, 0.4) is 0 Å². The molecule has 4 aromatic rings. The summed E-state index contributed by atoms with van der Waals surface area (Å²) in [6, 6.07) is 20.6. The van der Waals surface area contributed by atoms with Crippen molar-refractivity contribution in [2.45, 2.75) is 23.9 Å². The molecule has 0 aliphatic rings. The summed E-state index contributed by atoms with van der Waals surface area (Å²) in [7, 11) is 1.60. The predicted octanol–water partition coefficient (Wildman–Crippen LogP) is 5.41. The second kappa shape index (κ2) is 11.0. The molecule has 8 nitrogen and oxygen atoms in total. The Morgan fingerprint density at radius 1 is 1.06 bits per heavy atom. The summed E-state index contributed by atoms with van der Waals surface area (Å²) >= 11 is 1.25. The molecule has 4 rings (SSSR count). The van der Waals surface area contributed by atoms with Crippen molar-refractivity contribution in [1.29, 1.82) is 0 Å². The fourth-order valence-corrected chi connectivity index (χ4v) is 4.73. The van der Waals surface area contributed by atoms with Crippen molar-refractivity contribution in [2.24, 2.45) is 0 Å². The number of nitro groups is 1. The first kappa shape index (κ1) is 24.2. The Balaban J connectivity index is 1.63. The van der Waals surface area contributed by atoms with Crippen molar-refractivity contribution in [1.82, 2.24) is 14.8 Å². The zero-order valence-electron chi connectivity index (χ0n) is 19.1. The Labute approximate surface area is 205 Å². The Morgan fingerprint density at radius 2 is 1.77 bits per heavy atom. The van der Waals surface area contributed by atoms with Gasteiger partial charge in [-0.1, -0.05) is 42.1 Å². The fourth-order valence-electron chi connectivity index (χ4n) is 3.53. The van der Waals surface area contributed by atoms with Crippen LogP contribution >= 0.6 is 11.8 Å². The molecule has 0 bridgehead atoms. The normalized spacial score (nSPS) is 11.7. The molecule has 0 saturated heterocycles. The maximum atomic E-state index is 13.2. The molecule has 0 fully saturated rings. The number of rotatable bonds is 10. The van der Waals surface area contributed by atoms with Crippen LogP contribution in [-0.2, 0) is 6.61 Å². The number of ether oxygens (including phenoxy) is 2. The summed E-state index contributed by atoms with van der Waals surface area (Å²) in [5.74, 6) is 1.56. The van der Waals surface area contributed by atoms with Gasteiger partial charge >= 0.3 is 0 Å². The first-order valence-corrected chi connectivity index (χ1v) is 11.6. The van der Waals surface area contributed by atoms with Crippen LogP contribution < -0.4 is 9.47 Å². The number of para-hydroxylation sites is 1. The number of nitrogens with zero attached hydrogens (tertiary/aromatic N) is 4.